The summed E-state index contributed by atoms with van der Waals surface area (Å²) in [5, 5.41) is 1.07. The van der Waals surface area contributed by atoms with E-state index in [9.17, 15) is 0 Å². The molecule has 47 valence electrons. The van der Waals surface area contributed by atoms with E-state index in [4.69, 9.17) is 9.95 Å². The van der Waals surface area contributed by atoms with Crippen LogP contribution in [-0.4, -0.2) is 14.8 Å². The molecule has 0 aromatic heterocycles. The van der Waals surface area contributed by atoms with Gasteiger partial charge in [-0.25, -0.2) is 0 Å². The molecule has 9 heavy (non-hydrogen) atoms. The molecular formula is C7H7AsCl. The summed E-state index contributed by atoms with van der Waals surface area (Å²) in [5.74, 6) is 0. The zero-order valence-electron chi connectivity index (χ0n) is 4.92. The Morgan fingerprint density at radius 1 is 1.22 bits per heavy atom. The van der Waals surface area contributed by atoms with Crippen molar-refractivity contribution in [1.29, 1.82) is 0 Å². The van der Waals surface area contributed by atoms with Crippen LogP contribution in [0.4, 0.5) is 0 Å². The predicted molar refractivity (Wildman–Crippen MR) is 41.8 cm³/mol. The Bertz CT molecular complexity index is 162. The number of rotatable bonds is 2. The van der Waals surface area contributed by atoms with Crippen LogP contribution < -0.4 is 0 Å². The van der Waals surface area contributed by atoms with E-state index < -0.39 is 0 Å². The molecule has 0 N–H and O–H groups in total. The van der Waals surface area contributed by atoms with Crippen LogP contribution in [0.5, 0.6) is 0 Å². The second kappa shape index (κ2) is 3.98. The summed E-state index contributed by atoms with van der Waals surface area (Å²) >= 11 is 0.0209. The van der Waals surface area contributed by atoms with E-state index in [0.717, 1.165) is 5.21 Å². The maximum absolute atomic E-state index is 5.63. The second-order valence-electron chi connectivity index (χ2n) is 1.76. The van der Waals surface area contributed by atoms with Gasteiger partial charge >= 0.3 is 65.9 Å². The minimum absolute atomic E-state index is 0.0209. The molecule has 0 spiro atoms. The molecule has 0 saturated carbocycles. The molecule has 1 aromatic rings. The van der Waals surface area contributed by atoms with Gasteiger partial charge in [-0.15, -0.1) is 0 Å². The third-order valence-electron chi connectivity index (χ3n) is 1.09. The first-order valence-corrected chi connectivity index (χ1v) is 6.54. The van der Waals surface area contributed by atoms with Gasteiger partial charge in [-0.3, -0.25) is 0 Å². The predicted octanol–water partition coefficient (Wildman–Crippen LogP) is 2.04. The van der Waals surface area contributed by atoms with Crippen LogP contribution in [0.3, 0.4) is 0 Å². The number of hydrogen-bond donors (Lipinski definition) is 0. The standard InChI is InChI=1S/C7H7AsCl/c9-8-6-7-4-2-1-3-5-7/h1-5H,6H2. The van der Waals surface area contributed by atoms with E-state index >= 15 is 0 Å². The Hall–Kier alpha value is 0.0684. The summed E-state index contributed by atoms with van der Waals surface area (Å²) < 4.78 is 0. The third-order valence-corrected chi connectivity index (χ3v) is 2.72. The van der Waals surface area contributed by atoms with Crippen molar-refractivity contribution in [1.82, 2.24) is 0 Å². The van der Waals surface area contributed by atoms with Gasteiger partial charge in [0.25, 0.3) is 0 Å². The first-order valence-electron chi connectivity index (χ1n) is 2.75. The fourth-order valence-corrected chi connectivity index (χ4v) is 2.10. The van der Waals surface area contributed by atoms with E-state index in [-0.39, 0.29) is 14.8 Å². The maximum atomic E-state index is 5.63. The molecule has 0 fully saturated rings. The van der Waals surface area contributed by atoms with Crippen LogP contribution in [0, 0.1) is 0 Å². The van der Waals surface area contributed by atoms with Gasteiger partial charge in [-0.2, -0.15) is 0 Å². The normalized spacial score (nSPS) is 10.8. The van der Waals surface area contributed by atoms with Crippen molar-refractivity contribution in [2.24, 2.45) is 0 Å². The molecular weight excluding hydrogens is 194 g/mol. The van der Waals surface area contributed by atoms with Crippen molar-refractivity contribution < 1.29 is 0 Å². The van der Waals surface area contributed by atoms with Gasteiger partial charge in [0, 0.05) is 0 Å². The Kier molecular flexibility index (Phi) is 3.17. The molecule has 0 nitrogen and oxygen atoms in total. The quantitative estimate of drug-likeness (QED) is 0.643. The van der Waals surface area contributed by atoms with Gasteiger partial charge in [-0.1, -0.05) is 0 Å². The summed E-state index contributed by atoms with van der Waals surface area (Å²) in [6.45, 7) is 0. The van der Waals surface area contributed by atoms with E-state index in [1.54, 1.807) is 0 Å². The van der Waals surface area contributed by atoms with Crippen molar-refractivity contribution >= 4 is 24.8 Å². The van der Waals surface area contributed by atoms with Crippen LogP contribution in [0.25, 0.3) is 0 Å². The molecule has 0 amide bonds. The van der Waals surface area contributed by atoms with Gasteiger partial charge in [0.05, 0.1) is 0 Å². The SMILES string of the molecule is Cl[As]Cc1ccccc1. The Morgan fingerprint density at radius 2 is 1.89 bits per heavy atom. The summed E-state index contributed by atoms with van der Waals surface area (Å²) in [7, 11) is 5.63. The first-order chi connectivity index (χ1) is 4.43. The van der Waals surface area contributed by atoms with E-state index in [1.807, 2.05) is 18.2 Å². The zero-order chi connectivity index (χ0) is 6.53. The van der Waals surface area contributed by atoms with Crippen molar-refractivity contribution in [3.05, 3.63) is 35.9 Å². The molecule has 0 heterocycles. The average molecular weight is 202 g/mol. The van der Waals surface area contributed by atoms with Crippen LogP contribution >= 0.6 is 9.95 Å². The molecule has 0 aliphatic carbocycles. The van der Waals surface area contributed by atoms with Crippen LogP contribution in [0.2, 0.25) is 0 Å². The fourth-order valence-electron chi connectivity index (χ4n) is 0.652. The molecule has 0 aliphatic heterocycles. The van der Waals surface area contributed by atoms with Crippen molar-refractivity contribution in [2.45, 2.75) is 5.21 Å². The summed E-state index contributed by atoms with van der Waals surface area (Å²) in [4.78, 5) is 0. The van der Waals surface area contributed by atoms with Crippen LogP contribution in [0.15, 0.2) is 30.3 Å². The summed E-state index contributed by atoms with van der Waals surface area (Å²) in [6.07, 6.45) is 0. The van der Waals surface area contributed by atoms with Crippen molar-refractivity contribution in [2.75, 3.05) is 0 Å². The number of hydrogen-bond acceptors (Lipinski definition) is 0. The first kappa shape index (κ1) is 7.18. The molecule has 0 unspecified atom stereocenters. The monoisotopic (exact) mass is 201 g/mol. The molecule has 1 rings (SSSR count). The Labute approximate surface area is 66.1 Å². The topological polar surface area (TPSA) is 0 Å². The Balaban J connectivity index is 2.61. The molecule has 1 aromatic carbocycles. The molecule has 1 radical (unpaired) electrons. The molecule has 0 aliphatic rings. The van der Waals surface area contributed by atoms with Crippen LogP contribution in [0.1, 0.15) is 5.56 Å². The molecule has 0 bridgehead atoms. The van der Waals surface area contributed by atoms with Gasteiger partial charge in [0.2, 0.25) is 0 Å². The van der Waals surface area contributed by atoms with Gasteiger partial charge in [0.15, 0.2) is 0 Å². The summed E-state index contributed by atoms with van der Waals surface area (Å²) in [6, 6.07) is 10.3. The third kappa shape index (κ3) is 2.43. The molecule has 2 heteroatoms. The second-order valence-corrected chi connectivity index (χ2v) is 4.17. The van der Waals surface area contributed by atoms with E-state index in [0.29, 0.717) is 0 Å². The molecule has 0 saturated heterocycles. The van der Waals surface area contributed by atoms with Crippen molar-refractivity contribution in [3.63, 3.8) is 0 Å². The van der Waals surface area contributed by atoms with E-state index in [1.165, 1.54) is 5.56 Å². The number of benzene rings is 1. The van der Waals surface area contributed by atoms with Gasteiger partial charge in [-0.05, 0) is 0 Å². The van der Waals surface area contributed by atoms with Crippen LogP contribution in [-0.2, 0) is 5.21 Å². The zero-order valence-corrected chi connectivity index (χ0v) is 7.55. The fraction of sp³-hybridized carbons (Fsp3) is 0.143. The van der Waals surface area contributed by atoms with Gasteiger partial charge < -0.3 is 0 Å². The average Bonchev–Trinajstić information content (AvgIpc) is 1.91. The molecule has 0 atom stereocenters. The van der Waals surface area contributed by atoms with Gasteiger partial charge in [0.1, 0.15) is 0 Å². The Morgan fingerprint density at radius 3 is 2.44 bits per heavy atom. The van der Waals surface area contributed by atoms with Crippen molar-refractivity contribution in [3.8, 4) is 0 Å². The number of halogens is 1. The summed E-state index contributed by atoms with van der Waals surface area (Å²) in [5.41, 5.74) is 1.35. The minimum atomic E-state index is 0.0209. The van der Waals surface area contributed by atoms with E-state index in [2.05, 4.69) is 12.1 Å².